The minimum Gasteiger partial charge on any atom is -0.438 e. The van der Waals surface area contributed by atoms with E-state index in [1.807, 2.05) is 35.7 Å². The molecule has 1 aliphatic heterocycles. The average molecular weight is 347 g/mol. The number of hydrogen-bond donors (Lipinski definition) is 1. The van der Waals surface area contributed by atoms with Crippen LogP contribution in [-0.2, 0) is 0 Å². The second-order valence-corrected chi connectivity index (χ2v) is 6.61. The molecular formula is C17H18FN3O2S. The highest BCUT2D eigenvalue weighted by molar-refractivity contribution is 7.99. The highest BCUT2D eigenvalue weighted by Gasteiger charge is 2.22. The van der Waals surface area contributed by atoms with Crippen LogP contribution < -0.4 is 4.74 Å². The minimum absolute atomic E-state index is 0.330. The van der Waals surface area contributed by atoms with Gasteiger partial charge in [-0.05, 0) is 43.3 Å². The van der Waals surface area contributed by atoms with E-state index in [9.17, 15) is 9.60 Å². The zero-order valence-electron chi connectivity index (χ0n) is 13.3. The van der Waals surface area contributed by atoms with Crippen molar-refractivity contribution in [2.24, 2.45) is 5.16 Å². The van der Waals surface area contributed by atoms with Crippen LogP contribution >= 0.6 is 11.8 Å². The third-order valence-corrected chi connectivity index (χ3v) is 4.62. The van der Waals surface area contributed by atoms with Gasteiger partial charge in [-0.1, -0.05) is 5.16 Å². The number of oxime groups is 1. The van der Waals surface area contributed by atoms with Gasteiger partial charge in [0.1, 0.15) is 11.6 Å². The lowest BCUT2D eigenvalue weighted by atomic mass is 10.2. The molecule has 0 bridgehead atoms. The summed E-state index contributed by atoms with van der Waals surface area (Å²) >= 11 is 1.87. The van der Waals surface area contributed by atoms with Crippen LogP contribution in [0.3, 0.4) is 0 Å². The molecule has 24 heavy (non-hydrogen) atoms. The normalized spacial score (nSPS) is 15.4. The summed E-state index contributed by atoms with van der Waals surface area (Å²) in [6.45, 7) is 3.45. The molecule has 7 heteroatoms. The Kier molecular flexibility index (Phi) is 5.20. The number of pyridine rings is 1. The molecule has 0 atom stereocenters. The molecule has 1 aromatic heterocycles. The molecule has 1 fully saturated rings. The third kappa shape index (κ3) is 3.79. The molecule has 1 aromatic carbocycles. The predicted octanol–water partition coefficient (Wildman–Crippen LogP) is 3.51. The molecule has 0 radical (unpaired) electrons. The van der Waals surface area contributed by atoms with Gasteiger partial charge in [-0.15, -0.1) is 0 Å². The maximum Gasteiger partial charge on any atom is 0.230 e. The topological polar surface area (TPSA) is 58.0 Å². The molecule has 126 valence electrons. The molecule has 5 nitrogen and oxygen atoms in total. The number of hydrogen-bond acceptors (Lipinski definition) is 5. The van der Waals surface area contributed by atoms with Crippen molar-refractivity contribution >= 4 is 17.6 Å². The summed E-state index contributed by atoms with van der Waals surface area (Å²) in [6, 6.07) is 9.41. The number of amidine groups is 1. The summed E-state index contributed by atoms with van der Waals surface area (Å²) < 4.78 is 18.9. The Bertz CT molecular complexity index is 731. The molecule has 2 heterocycles. The Morgan fingerprint density at radius 2 is 1.92 bits per heavy atom. The molecule has 2 aromatic rings. The van der Waals surface area contributed by atoms with Crippen LogP contribution in [0.5, 0.6) is 11.6 Å². The number of thioether (sulfide) groups is 1. The number of rotatable bonds is 3. The predicted molar refractivity (Wildman–Crippen MR) is 92.7 cm³/mol. The van der Waals surface area contributed by atoms with Gasteiger partial charge in [0, 0.05) is 30.3 Å². The molecule has 0 aliphatic carbocycles. The molecule has 1 N–H and O–H groups in total. The molecule has 1 saturated heterocycles. The van der Waals surface area contributed by atoms with E-state index >= 15 is 0 Å². The Hall–Kier alpha value is -2.28. The third-order valence-electron chi connectivity index (χ3n) is 3.67. The summed E-state index contributed by atoms with van der Waals surface area (Å²) in [5, 5.41) is 13.0. The molecule has 0 saturated carbocycles. The minimum atomic E-state index is -0.330. The van der Waals surface area contributed by atoms with Gasteiger partial charge in [-0.2, -0.15) is 11.8 Å². The van der Waals surface area contributed by atoms with Gasteiger partial charge in [-0.3, -0.25) is 0 Å². The molecular weight excluding hydrogens is 329 g/mol. The van der Waals surface area contributed by atoms with E-state index in [1.54, 1.807) is 0 Å². The van der Waals surface area contributed by atoms with Gasteiger partial charge in [-0.25, -0.2) is 9.37 Å². The standard InChI is InChI=1S/C17H18FN3O2S/c1-12-2-7-15(16(20-22)21-8-10-24-11-9-21)17(19-12)23-14-5-3-13(18)4-6-14/h2-7,22H,8-11H2,1H3/b20-16-. The van der Waals surface area contributed by atoms with Crippen molar-refractivity contribution in [1.29, 1.82) is 0 Å². The van der Waals surface area contributed by atoms with Crippen molar-refractivity contribution in [1.82, 2.24) is 9.88 Å². The summed E-state index contributed by atoms with van der Waals surface area (Å²) in [5.41, 5.74) is 1.39. The zero-order chi connectivity index (χ0) is 16.9. The van der Waals surface area contributed by atoms with E-state index in [1.165, 1.54) is 24.3 Å². The first-order chi connectivity index (χ1) is 11.7. The van der Waals surface area contributed by atoms with Crippen LogP contribution in [0, 0.1) is 12.7 Å². The van der Waals surface area contributed by atoms with Gasteiger partial charge in [0.15, 0.2) is 5.84 Å². The summed E-state index contributed by atoms with van der Waals surface area (Å²) in [4.78, 5) is 6.43. The second kappa shape index (κ2) is 7.53. The highest BCUT2D eigenvalue weighted by Crippen LogP contribution is 2.26. The lowest BCUT2D eigenvalue weighted by molar-refractivity contribution is 0.303. The lowest BCUT2D eigenvalue weighted by Crippen LogP contribution is -2.38. The van der Waals surface area contributed by atoms with Crippen molar-refractivity contribution in [3.63, 3.8) is 0 Å². The van der Waals surface area contributed by atoms with Crippen LogP contribution in [0.15, 0.2) is 41.6 Å². The molecule has 0 spiro atoms. The fraction of sp³-hybridized carbons (Fsp3) is 0.294. The summed E-state index contributed by atoms with van der Waals surface area (Å²) in [5.74, 6) is 2.89. The quantitative estimate of drug-likeness (QED) is 0.398. The SMILES string of the molecule is Cc1ccc(/C(=N/O)N2CCSCC2)c(Oc2ccc(F)cc2)n1. The van der Waals surface area contributed by atoms with Crippen LogP contribution in [0.25, 0.3) is 0 Å². The fourth-order valence-corrected chi connectivity index (χ4v) is 3.36. The lowest BCUT2D eigenvalue weighted by Gasteiger charge is -2.29. The zero-order valence-corrected chi connectivity index (χ0v) is 14.1. The number of halogens is 1. The number of aromatic nitrogens is 1. The van der Waals surface area contributed by atoms with E-state index in [0.717, 1.165) is 30.3 Å². The van der Waals surface area contributed by atoms with Gasteiger partial charge in [0.2, 0.25) is 5.88 Å². The number of benzene rings is 1. The molecule has 1 aliphatic rings. The first kappa shape index (κ1) is 16.6. The van der Waals surface area contributed by atoms with E-state index in [4.69, 9.17) is 4.74 Å². The monoisotopic (exact) mass is 347 g/mol. The Balaban J connectivity index is 1.93. The number of ether oxygens (including phenoxy) is 1. The summed E-state index contributed by atoms with van der Waals surface area (Å²) in [6.07, 6.45) is 0. The van der Waals surface area contributed by atoms with Crippen molar-refractivity contribution in [3.05, 3.63) is 53.5 Å². The maximum atomic E-state index is 13.1. The fourth-order valence-electron chi connectivity index (χ4n) is 2.46. The largest absolute Gasteiger partial charge is 0.438 e. The van der Waals surface area contributed by atoms with Gasteiger partial charge in [0.25, 0.3) is 0 Å². The smallest absolute Gasteiger partial charge is 0.230 e. The van der Waals surface area contributed by atoms with Crippen molar-refractivity contribution in [2.45, 2.75) is 6.92 Å². The Morgan fingerprint density at radius 3 is 2.58 bits per heavy atom. The number of nitrogens with zero attached hydrogens (tertiary/aromatic N) is 3. The molecule has 0 unspecified atom stereocenters. The van der Waals surface area contributed by atoms with Crippen LogP contribution in [-0.4, -0.2) is 45.5 Å². The van der Waals surface area contributed by atoms with Crippen molar-refractivity contribution in [3.8, 4) is 11.6 Å². The number of aryl methyl sites for hydroxylation is 1. The van der Waals surface area contributed by atoms with Gasteiger partial charge < -0.3 is 14.8 Å². The van der Waals surface area contributed by atoms with Crippen molar-refractivity contribution < 1.29 is 14.3 Å². The maximum absolute atomic E-state index is 13.1. The van der Waals surface area contributed by atoms with Crippen molar-refractivity contribution in [2.75, 3.05) is 24.6 Å². The molecule has 3 rings (SSSR count). The Morgan fingerprint density at radius 1 is 1.21 bits per heavy atom. The van der Waals surface area contributed by atoms with E-state index in [0.29, 0.717) is 23.0 Å². The second-order valence-electron chi connectivity index (χ2n) is 5.38. The van der Waals surface area contributed by atoms with E-state index in [2.05, 4.69) is 10.1 Å². The summed E-state index contributed by atoms with van der Waals surface area (Å²) in [7, 11) is 0. The van der Waals surface area contributed by atoms with E-state index in [-0.39, 0.29) is 5.82 Å². The van der Waals surface area contributed by atoms with Gasteiger partial charge >= 0.3 is 0 Å². The van der Waals surface area contributed by atoms with Gasteiger partial charge in [0.05, 0.1) is 5.56 Å². The first-order valence-electron chi connectivity index (χ1n) is 7.63. The molecule has 0 amide bonds. The first-order valence-corrected chi connectivity index (χ1v) is 8.79. The van der Waals surface area contributed by atoms with Crippen LogP contribution in [0.4, 0.5) is 4.39 Å². The van der Waals surface area contributed by atoms with Crippen LogP contribution in [0.2, 0.25) is 0 Å². The average Bonchev–Trinajstić information content (AvgIpc) is 2.60. The Labute approximate surface area is 144 Å². The van der Waals surface area contributed by atoms with E-state index < -0.39 is 0 Å². The highest BCUT2D eigenvalue weighted by atomic mass is 32.2. The van der Waals surface area contributed by atoms with Crippen LogP contribution in [0.1, 0.15) is 11.3 Å².